The Morgan fingerprint density at radius 3 is 2.62 bits per heavy atom. The molecule has 0 fully saturated rings. The SMILES string of the molecule is CCC(=O)CCCCC(O)CCCl. The Kier molecular flexibility index (Phi) is 8.46. The maximum Gasteiger partial charge on any atom is 0.132 e. The molecule has 13 heavy (non-hydrogen) atoms. The second-order valence-electron chi connectivity index (χ2n) is 3.27. The smallest absolute Gasteiger partial charge is 0.132 e. The molecule has 1 atom stereocenters. The summed E-state index contributed by atoms with van der Waals surface area (Å²) in [6.45, 7) is 1.88. The minimum Gasteiger partial charge on any atom is -0.393 e. The molecular formula is C10H19ClO2. The summed E-state index contributed by atoms with van der Waals surface area (Å²) >= 11 is 5.47. The van der Waals surface area contributed by atoms with E-state index in [1.807, 2.05) is 6.92 Å². The molecule has 1 unspecified atom stereocenters. The number of hydrogen-bond donors (Lipinski definition) is 1. The van der Waals surface area contributed by atoms with Crippen LogP contribution in [0.25, 0.3) is 0 Å². The van der Waals surface area contributed by atoms with Gasteiger partial charge >= 0.3 is 0 Å². The highest BCUT2D eigenvalue weighted by Gasteiger charge is 2.03. The molecule has 78 valence electrons. The molecule has 0 aliphatic heterocycles. The predicted molar refractivity (Wildman–Crippen MR) is 55.1 cm³/mol. The fraction of sp³-hybridized carbons (Fsp3) is 0.900. The van der Waals surface area contributed by atoms with E-state index < -0.39 is 0 Å². The van der Waals surface area contributed by atoms with E-state index >= 15 is 0 Å². The number of carbonyl (C=O) groups is 1. The van der Waals surface area contributed by atoms with Gasteiger partial charge in [0.2, 0.25) is 0 Å². The van der Waals surface area contributed by atoms with Crippen LogP contribution in [0, 0.1) is 0 Å². The third kappa shape index (κ3) is 8.26. The lowest BCUT2D eigenvalue weighted by Gasteiger charge is -2.07. The Balaban J connectivity index is 3.20. The number of halogens is 1. The largest absolute Gasteiger partial charge is 0.393 e. The lowest BCUT2D eigenvalue weighted by Crippen LogP contribution is -2.07. The van der Waals surface area contributed by atoms with Gasteiger partial charge in [-0.2, -0.15) is 0 Å². The Morgan fingerprint density at radius 1 is 1.38 bits per heavy atom. The number of unbranched alkanes of at least 4 members (excludes halogenated alkanes) is 1. The number of alkyl halides is 1. The van der Waals surface area contributed by atoms with Gasteiger partial charge in [-0.25, -0.2) is 0 Å². The molecule has 0 aromatic rings. The highest BCUT2D eigenvalue weighted by atomic mass is 35.5. The van der Waals surface area contributed by atoms with E-state index in [9.17, 15) is 9.90 Å². The zero-order chi connectivity index (χ0) is 10.1. The summed E-state index contributed by atoms with van der Waals surface area (Å²) in [5.74, 6) is 0.821. The molecule has 0 saturated carbocycles. The lowest BCUT2D eigenvalue weighted by atomic mass is 10.1. The summed E-state index contributed by atoms with van der Waals surface area (Å²) in [5, 5.41) is 9.30. The highest BCUT2D eigenvalue weighted by Crippen LogP contribution is 2.08. The first-order valence-corrected chi connectivity index (χ1v) is 5.49. The molecule has 0 rings (SSSR count). The Morgan fingerprint density at radius 2 is 2.08 bits per heavy atom. The summed E-state index contributed by atoms with van der Waals surface area (Å²) < 4.78 is 0. The van der Waals surface area contributed by atoms with Crippen molar-refractivity contribution >= 4 is 17.4 Å². The van der Waals surface area contributed by atoms with Crippen molar-refractivity contribution in [3.8, 4) is 0 Å². The monoisotopic (exact) mass is 206 g/mol. The Hall–Kier alpha value is -0.0800. The first kappa shape index (κ1) is 12.9. The number of aliphatic hydroxyl groups is 1. The minimum absolute atomic E-state index is 0.283. The van der Waals surface area contributed by atoms with Crippen molar-refractivity contribution in [1.82, 2.24) is 0 Å². The van der Waals surface area contributed by atoms with Crippen molar-refractivity contribution in [2.24, 2.45) is 0 Å². The van der Waals surface area contributed by atoms with E-state index in [1.165, 1.54) is 0 Å². The molecule has 2 nitrogen and oxygen atoms in total. The van der Waals surface area contributed by atoms with Gasteiger partial charge in [-0.3, -0.25) is 4.79 Å². The van der Waals surface area contributed by atoms with Crippen molar-refractivity contribution in [3.05, 3.63) is 0 Å². The molecule has 3 heteroatoms. The molecule has 0 saturated heterocycles. The Bertz CT molecular complexity index is 137. The maximum absolute atomic E-state index is 10.9. The van der Waals surface area contributed by atoms with Crippen LogP contribution in [0.15, 0.2) is 0 Å². The number of rotatable bonds is 8. The standard InChI is InChI=1S/C10H19ClO2/c1-2-9(12)5-3-4-6-10(13)7-8-11/h10,13H,2-8H2,1H3. The Labute approximate surface area is 85.3 Å². The van der Waals surface area contributed by atoms with Crippen LogP contribution in [-0.2, 0) is 4.79 Å². The molecule has 1 N–H and O–H groups in total. The van der Waals surface area contributed by atoms with Crippen LogP contribution in [0.3, 0.4) is 0 Å². The zero-order valence-electron chi connectivity index (χ0n) is 8.26. The van der Waals surface area contributed by atoms with Crippen LogP contribution in [0.5, 0.6) is 0 Å². The molecule has 0 aliphatic rings. The molecule has 0 spiro atoms. The van der Waals surface area contributed by atoms with Gasteiger partial charge in [0.15, 0.2) is 0 Å². The normalized spacial score (nSPS) is 12.8. The van der Waals surface area contributed by atoms with Crippen LogP contribution >= 0.6 is 11.6 Å². The van der Waals surface area contributed by atoms with Crippen molar-refractivity contribution in [3.63, 3.8) is 0 Å². The molecule has 0 aromatic heterocycles. The van der Waals surface area contributed by atoms with E-state index in [1.54, 1.807) is 0 Å². The average Bonchev–Trinajstić information content (AvgIpc) is 2.12. The van der Waals surface area contributed by atoms with Crippen LogP contribution in [0.4, 0.5) is 0 Å². The number of carbonyl (C=O) groups excluding carboxylic acids is 1. The average molecular weight is 207 g/mol. The highest BCUT2D eigenvalue weighted by molar-refractivity contribution is 6.17. The van der Waals surface area contributed by atoms with Crippen LogP contribution < -0.4 is 0 Å². The van der Waals surface area contributed by atoms with E-state index in [2.05, 4.69) is 0 Å². The van der Waals surface area contributed by atoms with Crippen LogP contribution in [-0.4, -0.2) is 22.9 Å². The van der Waals surface area contributed by atoms with Gasteiger partial charge in [-0.05, 0) is 19.3 Å². The van der Waals surface area contributed by atoms with E-state index in [0.717, 1.165) is 19.3 Å². The van der Waals surface area contributed by atoms with E-state index in [4.69, 9.17) is 11.6 Å². The second-order valence-corrected chi connectivity index (χ2v) is 3.65. The topological polar surface area (TPSA) is 37.3 Å². The quantitative estimate of drug-likeness (QED) is 0.490. The molecular weight excluding hydrogens is 188 g/mol. The van der Waals surface area contributed by atoms with Gasteiger partial charge in [0.25, 0.3) is 0 Å². The molecule has 0 aromatic carbocycles. The fourth-order valence-electron chi connectivity index (χ4n) is 1.15. The van der Waals surface area contributed by atoms with Gasteiger partial charge in [0.05, 0.1) is 6.10 Å². The summed E-state index contributed by atoms with van der Waals surface area (Å²) in [6.07, 6.45) is 4.24. The maximum atomic E-state index is 10.9. The summed E-state index contributed by atoms with van der Waals surface area (Å²) in [4.78, 5) is 10.9. The lowest BCUT2D eigenvalue weighted by molar-refractivity contribution is -0.118. The van der Waals surface area contributed by atoms with Gasteiger partial charge in [0, 0.05) is 18.7 Å². The summed E-state index contributed by atoms with van der Waals surface area (Å²) in [5.41, 5.74) is 0. The molecule has 0 amide bonds. The van der Waals surface area contributed by atoms with Crippen molar-refractivity contribution in [2.75, 3.05) is 5.88 Å². The first-order valence-electron chi connectivity index (χ1n) is 4.96. The van der Waals surface area contributed by atoms with Crippen molar-refractivity contribution < 1.29 is 9.90 Å². The second kappa shape index (κ2) is 8.52. The van der Waals surface area contributed by atoms with Crippen LogP contribution in [0.2, 0.25) is 0 Å². The number of Topliss-reactive ketones (excluding diaryl/α,β-unsaturated/α-hetero) is 1. The van der Waals surface area contributed by atoms with Gasteiger partial charge in [-0.15, -0.1) is 11.6 Å². The van der Waals surface area contributed by atoms with Gasteiger partial charge < -0.3 is 5.11 Å². The summed E-state index contributed by atoms with van der Waals surface area (Å²) in [7, 11) is 0. The van der Waals surface area contributed by atoms with Crippen molar-refractivity contribution in [1.29, 1.82) is 0 Å². The first-order chi connectivity index (χ1) is 6.20. The molecule has 0 heterocycles. The van der Waals surface area contributed by atoms with Crippen molar-refractivity contribution in [2.45, 2.75) is 51.6 Å². The number of ketones is 1. The van der Waals surface area contributed by atoms with E-state index in [-0.39, 0.29) is 6.10 Å². The minimum atomic E-state index is -0.283. The number of aliphatic hydroxyl groups excluding tert-OH is 1. The fourth-order valence-corrected chi connectivity index (χ4v) is 1.40. The van der Waals surface area contributed by atoms with Gasteiger partial charge in [0.1, 0.15) is 5.78 Å². The van der Waals surface area contributed by atoms with Crippen LogP contribution in [0.1, 0.15) is 45.4 Å². The molecule has 0 aliphatic carbocycles. The third-order valence-corrected chi connectivity index (χ3v) is 2.30. The van der Waals surface area contributed by atoms with Gasteiger partial charge in [-0.1, -0.05) is 13.3 Å². The molecule has 0 radical (unpaired) electrons. The van der Waals surface area contributed by atoms with E-state index in [0.29, 0.717) is 30.9 Å². The summed E-state index contributed by atoms with van der Waals surface area (Å²) in [6, 6.07) is 0. The number of hydrogen-bond acceptors (Lipinski definition) is 2. The third-order valence-electron chi connectivity index (χ3n) is 2.08. The predicted octanol–water partition coefficient (Wildman–Crippen LogP) is 2.52. The molecule has 0 bridgehead atoms. The zero-order valence-corrected chi connectivity index (χ0v) is 9.02.